The van der Waals surface area contributed by atoms with Crippen LogP contribution in [-0.2, 0) is 14.3 Å². The van der Waals surface area contributed by atoms with Crippen molar-refractivity contribution in [3.8, 4) is 0 Å². The molecule has 0 saturated carbocycles. The van der Waals surface area contributed by atoms with Crippen molar-refractivity contribution in [2.75, 3.05) is 13.7 Å². The predicted molar refractivity (Wildman–Crippen MR) is 74.6 cm³/mol. The molecule has 1 amide bonds. The molecule has 0 bridgehead atoms. The standard InChI is InChI=1S/C13H27N3O3/c1-5-19-13(18)11(16-9(2)3)8-6-7-10(15-4)12(14)17/h9-11,15-16H,5-8H2,1-4H3,(H2,14,17). The molecule has 0 heterocycles. The number of rotatable bonds is 10. The average molecular weight is 273 g/mol. The Morgan fingerprint density at radius 3 is 2.21 bits per heavy atom. The van der Waals surface area contributed by atoms with Crippen LogP contribution >= 0.6 is 0 Å². The van der Waals surface area contributed by atoms with Gasteiger partial charge in [-0.15, -0.1) is 0 Å². The molecule has 0 aliphatic heterocycles. The molecule has 19 heavy (non-hydrogen) atoms. The monoisotopic (exact) mass is 273 g/mol. The summed E-state index contributed by atoms with van der Waals surface area (Å²) in [4.78, 5) is 22.8. The first-order chi connectivity index (χ1) is 8.92. The van der Waals surface area contributed by atoms with Crippen molar-refractivity contribution in [3.63, 3.8) is 0 Å². The molecule has 112 valence electrons. The smallest absolute Gasteiger partial charge is 0.323 e. The highest BCUT2D eigenvalue weighted by molar-refractivity contribution is 5.79. The van der Waals surface area contributed by atoms with Crippen LogP contribution in [0.3, 0.4) is 0 Å². The maximum atomic E-state index is 11.8. The second kappa shape index (κ2) is 9.75. The minimum absolute atomic E-state index is 0.200. The number of carbonyl (C=O) groups excluding carboxylic acids is 2. The van der Waals surface area contributed by atoms with E-state index in [9.17, 15) is 9.59 Å². The third-order valence-corrected chi connectivity index (χ3v) is 2.78. The zero-order chi connectivity index (χ0) is 14.8. The Hall–Kier alpha value is -1.14. The van der Waals surface area contributed by atoms with E-state index in [0.29, 0.717) is 19.4 Å². The first kappa shape index (κ1) is 17.9. The normalized spacial score (nSPS) is 14.2. The Bertz CT molecular complexity index is 282. The second-order valence-electron chi connectivity index (χ2n) is 4.80. The fourth-order valence-electron chi connectivity index (χ4n) is 1.87. The van der Waals surface area contributed by atoms with Crippen LogP contribution in [0, 0.1) is 0 Å². The quantitative estimate of drug-likeness (QED) is 0.493. The molecule has 2 unspecified atom stereocenters. The van der Waals surface area contributed by atoms with Gasteiger partial charge in [-0.05, 0) is 33.2 Å². The predicted octanol–water partition coefficient (Wildman–Crippen LogP) is 0.160. The average Bonchev–Trinajstić information content (AvgIpc) is 2.32. The topological polar surface area (TPSA) is 93.4 Å². The Labute approximate surface area is 115 Å². The second-order valence-corrected chi connectivity index (χ2v) is 4.80. The Morgan fingerprint density at radius 2 is 1.79 bits per heavy atom. The van der Waals surface area contributed by atoms with Crippen LogP contribution in [0.4, 0.5) is 0 Å². The van der Waals surface area contributed by atoms with Crippen LogP contribution in [-0.4, -0.2) is 43.7 Å². The van der Waals surface area contributed by atoms with Crippen molar-refractivity contribution in [3.05, 3.63) is 0 Å². The van der Waals surface area contributed by atoms with E-state index in [0.717, 1.165) is 6.42 Å². The number of nitrogens with one attached hydrogen (secondary N) is 2. The van der Waals surface area contributed by atoms with Gasteiger partial charge in [0.2, 0.25) is 5.91 Å². The number of esters is 1. The Balaban J connectivity index is 4.25. The third-order valence-electron chi connectivity index (χ3n) is 2.78. The van der Waals surface area contributed by atoms with E-state index in [-0.39, 0.29) is 30.0 Å². The SMILES string of the molecule is CCOC(=O)C(CCCC(NC)C(N)=O)NC(C)C. The first-order valence-electron chi connectivity index (χ1n) is 6.81. The van der Waals surface area contributed by atoms with Gasteiger partial charge in [0.05, 0.1) is 12.6 Å². The van der Waals surface area contributed by atoms with E-state index in [1.165, 1.54) is 0 Å². The molecular weight excluding hydrogens is 246 g/mol. The van der Waals surface area contributed by atoms with Crippen LogP contribution in [0.1, 0.15) is 40.0 Å². The molecule has 0 rings (SSSR count). The van der Waals surface area contributed by atoms with Gasteiger partial charge in [0, 0.05) is 6.04 Å². The molecular formula is C13H27N3O3. The fourth-order valence-corrected chi connectivity index (χ4v) is 1.87. The number of ether oxygens (including phenoxy) is 1. The molecule has 0 saturated heterocycles. The number of nitrogens with two attached hydrogens (primary N) is 1. The highest BCUT2D eigenvalue weighted by Gasteiger charge is 2.21. The van der Waals surface area contributed by atoms with Gasteiger partial charge in [0.25, 0.3) is 0 Å². The highest BCUT2D eigenvalue weighted by Crippen LogP contribution is 2.07. The molecule has 0 radical (unpaired) electrons. The van der Waals surface area contributed by atoms with Crippen molar-refractivity contribution in [1.82, 2.24) is 10.6 Å². The van der Waals surface area contributed by atoms with E-state index in [1.54, 1.807) is 14.0 Å². The molecule has 2 atom stereocenters. The van der Waals surface area contributed by atoms with Crippen LogP contribution in [0.25, 0.3) is 0 Å². The molecule has 0 aliphatic rings. The van der Waals surface area contributed by atoms with Gasteiger partial charge >= 0.3 is 5.97 Å². The molecule has 0 spiro atoms. The minimum Gasteiger partial charge on any atom is -0.465 e. The van der Waals surface area contributed by atoms with Crippen molar-refractivity contribution in [2.24, 2.45) is 5.73 Å². The van der Waals surface area contributed by atoms with E-state index in [1.807, 2.05) is 13.8 Å². The highest BCUT2D eigenvalue weighted by atomic mass is 16.5. The summed E-state index contributed by atoms with van der Waals surface area (Å²) in [5, 5.41) is 6.03. The summed E-state index contributed by atoms with van der Waals surface area (Å²) < 4.78 is 5.03. The van der Waals surface area contributed by atoms with E-state index >= 15 is 0 Å². The number of primary amides is 1. The molecule has 0 aliphatic carbocycles. The molecule has 6 heteroatoms. The van der Waals surface area contributed by atoms with Crippen LogP contribution < -0.4 is 16.4 Å². The summed E-state index contributed by atoms with van der Waals surface area (Å²) in [5.74, 6) is -0.608. The first-order valence-corrected chi connectivity index (χ1v) is 6.81. The molecule has 0 aromatic heterocycles. The molecule has 0 aromatic carbocycles. The van der Waals surface area contributed by atoms with Gasteiger partial charge in [0.1, 0.15) is 6.04 Å². The van der Waals surface area contributed by atoms with Crippen LogP contribution in [0.2, 0.25) is 0 Å². The van der Waals surface area contributed by atoms with Gasteiger partial charge in [-0.1, -0.05) is 13.8 Å². The fraction of sp³-hybridized carbons (Fsp3) is 0.846. The molecule has 4 N–H and O–H groups in total. The van der Waals surface area contributed by atoms with Gasteiger partial charge in [-0.2, -0.15) is 0 Å². The summed E-state index contributed by atoms with van der Waals surface area (Å²) in [6.45, 7) is 6.11. The number of likely N-dealkylation sites (N-methyl/N-ethyl adjacent to an activating group) is 1. The summed E-state index contributed by atoms with van der Waals surface area (Å²) in [5.41, 5.74) is 5.24. The zero-order valence-electron chi connectivity index (χ0n) is 12.4. The lowest BCUT2D eigenvalue weighted by molar-refractivity contribution is -0.146. The Morgan fingerprint density at radius 1 is 1.21 bits per heavy atom. The molecule has 6 nitrogen and oxygen atoms in total. The van der Waals surface area contributed by atoms with Crippen molar-refractivity contribution in [2.45, 2.75) is 58.2 Å². The number of hydrogen-bond donors (Lipinski definition) is 3. The van der Waals surface area contributed by atoms with Gasteiger partial charge < -0.3 is 21.1 Å². The summed E-state index contributed by atoms with van der Waals surface area (Å²) in [7, 11) is 1.70. The van der Waals surface area contributed by atoms with E-state index in [2.05, 4.69) is 10.6 Å². The van der Waals surface area contributed by atoms with E-state index in [4.69, 9.17) is 10.5 Å². The lowest BCUT2D eigenvalue weighted by atomic mass is 10.0. The maximum absolute atomic E-state index is 11.8. The summed E-state index contributed by atoms with van der Waals surface area (Å²) >= 11 is 0. The molecule has 0 aromatic rings. The lowest BCUT2D eigenvalue weighted by Crippen LogP contribution is -2.43. The van der Waals surface area contributed by atoms with E-state index < -0.39 is 0 Å². The van der Waals surface area contributed by atoms with Crippen LogP contribution in [0.15, 0.2) is 0 Å². The number of carbonyl (C=O) groups is 2. The third kappa shape index (κ3) is 7.79. The maximum Gasteiger partial charge on any atom is 0.323 e. The minimum atomic E-state index is -0.369. The van der Waals surface area contributed by atoms with Gasteiger partial charge in [-0.3, -0.25) is 9.59 Å². The van der Waals surface area contributed by atoms with Gasteiger partial charge in [-0.25, -0.2) is 0 Å². The largest absolute Gasteiger partial charge is 0.465 e. The zero-order valence-corrected chi connectivity index (χ0v) is 12.4. The van der Waals surface area contributed by atoms with Crippen LogP contribution in [0.5, 0.6) is 0 Å². The summed E-state index contributed by atoms with van der Waals surface area (Å²) in [6.07, 6.45) is 1.96. The lowest BCUT2D eigenvalue weighted by Gasteiger charge is -2.20. The van der Waals surface area contributed by atoms with Crippen molar-refractivity contribution < 1.29 is 14.3 Å². The number of hydrogen-bond acceptors (Lipinski definition) is 5. The van der Waals surface area contributed by atoms with Crippen molar-refractivity contribution >= 4 is 11.9 Å². The Kier molecular flexibility index (Phi) is 9.16. The number of amides is 1. The van der Waals surface area contributed by atoms with Gasteiger partial charge in [0.15, 0.2) is 0 Å². The summed E-state index contributed by atoms with van der Waals surface area (Å²) in [6, 6.07) is -0.474. The van der Waals surface area contributed by atoms with Crippen molar-refractivity contribution in [1.29, 1.82) is 0 Å². The molecule has 0 fully saturated rings.